The highest BCUT2D eigenvalue weighted by molar-refractivity contribution is 14.1. The van der Waals surface area contributed by atoms with Crippen LogP contribution in [0, 0.1) is 3.57 Å². The van der Waals surface area contributed by atoms with E-state index in [1.165, 1.54) is 3.57 Å². The van der Waals surface area contributed by atoms with E-state index in [1.54, 1.807) is 20.4 Å². The van der Waals surface area contributed by atoms with Crippen molar-refractivity contribution in [1.82, 2.24) is 15.3 Å². The number of nitrogens with one attached hydrogen (secondary N) is 1. The maximum absolute atomic E-state index is 5.37. The predicted molar refractivity (Wildman–Crippen MR) is 89.8 cm³/mol. The van der Waals surface area contributed by atoms with Crippen LogP contribution >= 0.6 is 22.6 Å². The summed E-state index contributed by atoms with van der Waals surface area (Å²) in [5.41, 5.74) is 1.87. The van der Waals surface area contributed by atoms with Crippen molar-refractivity contribution in [1.29, 1.82) is 0 Å². The Hall–Kier alpha value is -1.41. The third-order valence-electron chi connectivity index (χ3n) is 3.03. The number of halogens is 1. The zero-order valence-electron chi connectivity index (χ0n) is 12.3. The van der Waals surface area contributed by atoms with Crippen molar-refractivity contribution in [2.75, 3.05) is 20.8 Å². The van der Waals surface area contributed by atoms with Gasteiger partial charge in [-0.2, -0.15) is 4.98 Å². The molecule has 6 heteroatoms. The van der Waals surface area contributed by atoms with Crippen molar-refractivity contribution in [2.24, 2.45) is 0 Å². The summed E-state index contributed by atoms with van der Waals surface area (Å²) in [6.45, 7) is 2.87. The first-order valence-corrected chi connectivity index (χ1v) is 7.71. The largest absolute Gasteiger partial charge is 0.480 e. The van der Waals surface area contributed by atoms with Crippen molar-refractivity contribution < 1.29 is 9.47 Å². The summed E-state index contributed by atoms with van der Waals surface area (Å²) in [5, 5.41) is 3.42. The number of benzene rings is 1. The zero-order valence-corrected chi connectivity index (χ0v) is 14.4. The van der Waals surface area contributed by atoms with Crippen LogP contribution in [-0.2, 0) is 0 Å². The van der Waals surface area contributed by atoms with Gasteiger partial charge in [0.05, 0.1) is 26.5 Å². The van der Waals surface area contributed by atoms with Gasteiger partial charge in [0.15, 0.2) is 0 Å². The number of ether oxygens (including phenoxy) is 2. The minimum atomic E-state index is -0.0691. The van der Waals surface area contributed by atoms with Crippen LogP contribution in [-0.4, -0.2) is 30.7 Å². The molecule has 112 valence electrons. The van der Waals surface area contributed by atoms with E-state index in [4.69, 9.17) is 9.47 Å². The summed E-state index contributed by atoms with van der Waals surface area (Å²) in [6, 6.07) is 8.24. The third kappa shape index (κ3) is 3.82. The second-order valence-corrected chi connectivity index (χ2v) is 5.59. The molecule has 5 nitrogen and oxygen atoms in total. The molecule has 0 saturated carbocycles. The van der Waals surface area contributed by atoms with Gasteiger partial charge < -0.3 is 14.8 Å². The van der Waals surface area contributed by atoms with Gasteiger partial charge in [0.2, 0.25) is 11.8 Å². The molecule has 0 bridgehead atoms. The van der Waals surface area contributed by atoms with Crippen molar-refractivity contribution in [3.05, 3.63) is 45.3 Å². The normalized spacial score (nSPS) is 12.0. The lowest BCUT2D eigenvalue weighted by atomic mass is 10.0. The average Bonchev–Trinajstić information content (AvgIpc) is 2.53. The van der Waals surface area contributed by atoms with Crippen LogP contribution in [0.15, 0.2) is 30.5 Å². The van der Waals surface area contributed by atoms with Gasteiger partial charge in [-0.3, -0.25) is 0 Å². The van der Waals surface area contributed by atoms with Gasteiger partial charge >= 0.3 is 0 Å². The van der Waals surface area contributed by atoms with Crippen molar-refractivity contribution >= 4 is 22.6 Å². The predicted octanol–water partition coefficient (Wildman–Crippen LogP) is 2.80. The maximum atomic E-state index is 5.37. The average molecular weight is 399 g/mol. The maximum Gasteiger partial charge on any atom is 0.240 e. The summed E-state index contributed by atoms with van der Waals surface area (Å²) < 4.78 is 11.7. The Kier molecular flexibility index (Phi) is 5.75. The molecule has 0 aliphatic carbocycles. The molecule has 0 radical (unpaired) electrons. The SMILES string of the molecule is CCNC(c1ccc(I)cc1)c1ncc(OC)nc1OC. The van der Waals surface area contributed by atoms with Gasteiger partial charge in [-0.05, 0) is 46.8 Å². The molecule has 0 fully saturated rings. The smallest absolute Gasteiger partial charge is 0.240 e. The van der Waals surface area contributed by atoms with Crippen molar-refractivity contribution in [3.63, 3.8) is 0 Å². The van der Waals surface area contributed by atoms with Crippen LogP contribution in [0.2, 0.25) is 0 Å². The Morgan fingerprint density at radius 1 is 1.19 bits per heavy atom. The molecular weight excluding hydrogens is 381 g/mol. The van der Waals surface area contributed by atoms with E-state index < -0.39 is 0 Å². The molecule has 1 N–H and O–H groups in total. The Bertz CT molecular complexity index is 590. The molecule has 0 saturated heterocycles. The Morgan fingerprint density at radius 3 is 2.48 bits per heavy atom. The van der Waals surface area contributed by atoms with Crippen LogP contribution in [0.25, 0.3) is 0 Å². The molecule has 21 heavy (non-hydrogen) atoms. The highest BCUT2D eigenvalue weighted by Gasteiger charge is 2.21. The molecule has 1 unspecified atom stereocenters. The van der Waals surface area contributed by atoms with E-state index in [0.29, 0.717) is 11.8 Å². The summed E-state index contributed by atoms with van der Waals surface area (Å²) in [4.78, 5) is 8.77. The Labute approximate surface area is 138 Å². The van der Waals surface area contributed by atoms with Gasteiger partial charge in [-0.1, -0.05) is 19.1 Å². The van der Waals surface area contributed by atoms with E-state index in [0.717, 1.165) is 17.8 Å². The summed E-state index contributed by atoms with van der Waals surface area (Å²) in [5.74, 6) is 0.910. The first kappa shape index (κ1) is 16.0. The molecule has 1 aromatic heterocycles. The number of rotatable bonds is 6. The quantitative estimate of drug-likeness (QED) is 0.758. The summed E-state index contributed by atoms with van der Waals surface area (Å²) >= 11 is 2.29. The standard InChI is InChI=1S/C15H18IN3O2/c1-4-17-13(10-5-7-11(16)8-6-10)14-15(21-3)19-12(20-2)9-18-14/h5-9,13,17H,4H2,1-3H3. The van der Waals surface area contributed by atoms with Crippen LogP contribution < -0.4 is 14.8 Å². The van der Waals surface area contributed by atoms with Crippen LogP contribution in [0.4, 0.5) is 0 Å². The molecular formula is C15H18IN3O2. The van der Waals surface area contributed by atoms with Gasteiger partial charge in [0.1, 0.15) is 5.69 Å². The van der Waals surface area contributed by atoms with Gasteiger partial charge in [0.25, 0.3) is 0 Å². The number of aromatic nitrogens is 2. The number of nitrogens with zero attached hydrogens (tertiary/aromatic N) is 2. The van der Waals surface area contributed by atoms with Crippen LogP contribution in [0.3, 0.4) is 0 Å². The lowest BCUT2D eigenvalue weighted by molar-refractivity contribution is 0.352. The fourth-order valence-electron chi connectivity index (χ4n) is 2.04. The summed E-state index contributed by atoms with van der Waals surface area (Å²) in [7, 11) is 3.15. The van der Waals surface area contributed by atoms with Crippen LogP contribution in [0.5, 0.6) is 11.8 Å². The molecule has 2 aromatic rings. The minimum Gasteiger partial charge on any atom is -0.480 e. The molecule has 1 heterocycles. The fraction of sp³-hybridized carbons (Fsp3) is 0.333. The Morgan fingerprint density at radius 2 is 1.90 bits per heavy atom. The summed E-state index contributed by atoms with van der Waals surface area (Å²) in [6.07, 6.45) is 1.61. The molecule has 1 atom stereocenters. The molecule has 0 aliphatic heterocycles. The van der Waals surface area contributed by atoms with Gasteiger partial charge in [-0.15, -0.1) is 0 Å². The number of hydrogen-bond acceptors (Lipinski definition) is 5. The van der Waals surface area contributed by atoms with Crippen molar-refractivity contribution in [2.45, 2.75) is 13.0 Å². The lowest BCUT2D eigenvalue weighted by Crippen LogP contribution is -2.24. The lowest BCUT2D eigenvalue weighted by Gasteiger charge is -2.19. The molecule has 1 aromatic carbocycles. The number of hydrogen-bond donors (Lipinski definition) is 1. The Balaban J connectivity index is 2.44. The fourth-order valence-corrected chi connectivity index (χ4v) is 2.40. The van der Waals surface area contributed by atoms with E-state index in [1.807, 2.05) is 0 Å². The first-order valence-electron chi connectivity index (χ1n) is 6.63. The van der Waals surface area contributed by atoms with Crippen molar-refractivity contribution in [3.8, 4) is 11.8 Å². The second-order valence-electron chi connectivity index (χ2n) is 4.35. The van der Waals surface area contributed by atoms with Gasteiger partial charge in [-0.25, -0.2) is 4.98 Å². The first-order chi connectivity index (χ1) is 10.2. The van der Waals surface area contributed by atoms with Gasteiger partial charge in [0, 0.05) is 3.57 Å². The molecule has 0 amide bonds. The topological polar surface area (TPSA) is 56.3 Å². The van der Waals surface area contributed by atoms with Crippen LogP contribution in [0.1, 0.15) is 24.2 Å². The van der Waals surface area contributed by atoms with E-state index >= 15 is 0 Å². The second kappa shape index (κ2) is 7.56. The molecule has 0 spiro atoms. The molecule has 0 aliphatic rings. The van der Waals surface area contributed by atoms with E-state index in [2.05, 4.69) is 69.1 Å². The third-order valence-corrected chi connectivity index (χ3v) is 3.75. The highest BCUT2D eigenvalue weighted by atomic mass is 127. The monoisotopic (exact) mass is 399 g/mol. The van der Waals surface area contributed by atoms with E-state index in [9.17, 15) is 0 Å². The minimum absolute atomic E-state index is 0.0691. The number of methoxy groups -OCH3 is 2. The van der Waals surface area contributed by atoms with E-state index in [-0.39, 0.29) is 6.04 Å². The highest BCUT2D eigenvalue weighted by Crippen LogP contribution is 2.28. The molecule has 2 rings (SSSR count). The zero-order chi connectivity index (χ0) is 15.2.